The molecule has 2 atom stereocenters. The van der Waals surface area contributed by atoms with Crippen LogP contribution in [0.4, 0.5) is 10.5 Å². The van der Waals surface area contributed by atoms with Crippen molar-refractivity contribution in [3.63, 3.8) is 0 Å². The summed E-state index contributed by atoms with van der Waals surface area (Å²) in [7, 11) is 0. The number of hydrogen-bond acceptors (Lipinski definition) is 2. The lowest BCUT2D eigenvalue weighted by molar-refractivity contribution is -0.156. The minimum Gasteiger partial charge on any atom is -0.342 e. The molecule has 0 radical (unpaired) electrons. The summed E-state index contributed by atoms with van der Waals surface area (Å²) in [5, 5.41) is 5.95. The molecule has 3 amide bonds. The number of carbonyl (C=O) groups is 2. The lowest BCUT2D eigenvalue weighted by atomic mass is 9.49. The van der Waals surface area contributed by atoms with Gasteiger partial charge in [0, 0.05) is 29.1 Å². The summed E-state index contributed by atoms with van der Waals surface area (Å²) >= 11 is 4.02. The highest BCUT2D eigenvalue weighted by Crippen LogP contribution is 2.64. The molecule has 29 heavy (non-hydrogen) atoms. The molecule has 2 N–H and O–H groups in total. The molecule has 4 bridgehead atoms. The maximum atomic E-state index is 13.6. The number of piperidine rings is 1. The Morgan fingerprint density at radius 1 is 1.00 bits per heavy atom. The fraction of sp³-hybridized carbons (Fsp3) is 0.652. The van der Waals surface area contributed by atoms with Gasteiger partial charge in [0.05, 0.1) is 5.41 Å². The van der Waals surface area contributed by atoms with Crippen molar-refractivity contribution in [2.24, 2.45) is 17.3 Å². The minimum atomic E-state index is -0.164. The van der Waals surface area contributed by atoms with Gasteiger partial charge in [0.1, 0.15) is 0 Å². The second-order valence-electron chi connectivity index (χ2n) is 9.92. The molecule has 0 spiro atoms. The van der Waals surface area contributed by atoms with Crippen LogP contribution in [0.1, 0.15) is 51.4 Å². The van der Waals surface area contributed by atoms with Gasteiger partial charge in [-0.2, -0.15) is 0 Å². The highest BCUT2D eigenvalue weighted by Gasteiger charge is 2.60. The van der Waals surface area contributed by atoms with Crippen molar-refractivity contribution in [3.8, 4) is 0 Å². The first-order valence-electron chi connectivity index (χ1n) is 11.0. The highest BCUT2D eigenvalue weighted by molar-refractivity contribution is 9.10. The topological polar surface area (TPSA) is 61.4 Å². The molecule has 4 aliphatic carbocycles. The minimum absolute atomic E-state index is 0.126. The van der Waals surface area contributed by atoms with Gasteiger partial charge in [0.15, 0.2) is 0 Å². The van der Waals surface area contributed by atoms with Gasteiger partial charge in [0.25, 0.3) is 0 Å². The Hall–Kier alpha value is -1.56. The average Bonchev–Trinajstić information content (AvgIpc) is 2.67. The van der Waals surface area contributed by atoms with Gasteiger partial charge in [-0.05, 0) is 75.3 Å². The van der Waals surface area contributed by atoms with Gasteiger partial charge in [-0.25, -0.2) is 4.79 Å². The first-order chi connectivity index (χ1) is 13.9. The largest absolute Gasteiger partial charge is 0.342 e. The molecule has 1 saturated heterocycles. The van der Waals surface area contributed by atoms with E-state index in [9.17, 15) is 9.59 Å². The van der Waals surface area contributed by atoms with E-state index in [1.54, 1.807) is 0 Å². The van der Waals surface area contributed by atoms with Crippen LogP contribution in [0.5, 0.6) is 0 Å². The summed E-state index contributed by atoms with van der Waals surface area (Å²) in [4.78, 5) is 27.9. The van der Waals surface area contributed by atoms with Crippen molar-refractivity contribution >= 4 is 33.6 Å². The Labute approximate surface area is 181 Å². The van der Waals surface area contributed by atoms with E-state index in [0.29, 0.717) is 5.91 Å². The summed E-state index contributed by atoms with van der Waals surface area (Å²) in [5.74, 6) is 1.84. The number of carbonyl (C=O) groups excluding carboxylic acids is 2. The third-order valence-corrected chi connectivity index (χ3v) is 8.52. The molecule has 1 aromatic rings. The van der Waals surface area contributed by atoms with E-state index in [1.165, 1.54) is 19.3 Å². The predicted molar refractivity (Wildman–Crippen MR) is 117 cm³/mol. The summed E-state index contributed by atoms with van der Waals surface area (Å²) in [6, 6.07) is 9.45. The summed E-state index contributed by atoms with van der Waals surface area (Å²) in [5.41, 5.74) is 0.668. The quantitative estimate of drug-likeness (QED) is 0.651. The fourth-order valence-corrected chi connectivity index (χ4v) is 8.29. The molecule has 156 valence electrons. The van der Waals surface area contributed by atoms with Crippen LogP contribution in [0.25, 0.3) is 0 Å². The molecule has 0 aromatic heterocycles. The number of urea groups is 1. The second kappa shape index (κ2) is 7.29. The first-order valence-corrected chi connectivity index (χ1v) is 11.8. The third kappa shape index (κ3) is 3.80. The molecule has 1 aliphatic heterocycles. The number of rotatable bonds is 3. The van der Waals surface area contributed by atoms with Gasteiger partial charge in [-0.1, -0.05) is 34.1 Å². The SMILES string of the molecule is O=C(Nc1ccccc1)NC1CCN(C(=O)C23CC4CC(CC(Br)(C4)C2)C3)CC1. The predicted octanol–water partition coefficient (Wildman–Crippen LogP) is 4.53. The van der Waals surface area contributed by atoms with Crippen LogP contribution in [0.15, 0.2) is 30.3 Å². The molecule has 2 unspecified atom stereocenters. The van der Waals surface area contributed by atoms with Gasteiger partial charge in [-0.15, -0.1) is 0 Å². The van der Waals surface area contributed by atoms with Crippen LogP contribution in [-0.2, 0) is 4.79 Å². The zero-order valence-electron chi connectivity index (χ0n) is 16.8. The van der Waals surface area contributed by atoms with Gasteiger partial charge < -0.3 is 15.5 Å². The Morgan fingerprint density at radius 2 is 1.66 bits per heavy atom. The number of nitrogens with zero attached hydrogens (tertiary/aromatic N) is 1. The Balaban J connectivity index is 1.16. The standard InChI is InChI=1S/C23H30BrN3O2/c24-23-13-16-10-17(14-23)12-22(11-16,15-23)20(28)27-8-6-19(7-9-27)26-21(29)25-18-4-2-1-3-5-18/h1-5,16-17,19H,6-15H2,(H2,25,26,29). The monoisotopic (exact) mass is 459 g/mol. The number of amides is 3. The number of likely N-dealkylation sites (tertiary alicyclic amines) is 1. The lowest BCUT2D eigenvalue weighted by Gasteiger charge is -2.60. The Morgan fingerprint density at radius 3 is 2.28 bits per heavy atom. The summed E-state index contributed by atoms with van der Waals surface area (Å²) in [6.45, 7) is 1.50. The van der Waals surface area contributed by atoms with Crippen molar-refractivity contribution in [2.75, 3.05) is 18.4 Å². The van der Waals surface area contributed by atoms with Crippen molar-refractivity contribution < 1.29 is 9.59 Å². The van der Waals surface area contributed by atoms with E-state index >= 15 is 0 Å². The van der Waals surface area contributed by atoms with E-state index in [-0.39, 0.29) is 21.8 Å². The maximum Gasteiger partial charge on any atom is 0.319 e. The van der Waals surface area contributed by atoms with Crippen LogP contribution in [-0.4, -0.2) is 40.3 Å². The zero-order chi connectivity index (χ0) is 20.1. The Bertz CT molecular complexity index is 777. The van der Waals surface area contributed by atoms with E-state index in [2.05, 4.69) is 31.5 Å². The first kappa shape index (κ1) is 19.4. The smallest absolute Gasteiger partial charge is 0.319 e. The van der Waals surface area contributed by atoms with Crippen LogP contribution in [0.2, 0.25) is 0 Å². The number of nitrogens with one attached hydrogen (secondary N) is 2. The molecule has 1 heterocycles. The van der Waals surface area contributed by atoms with Crippen molar-refractivity contribution in [1.82, 2.24) is 10.2 Å². The molecule has 5 aliphatic rings. The zero-order valence-corrected chi connectivity index (χ0v) is 18.4. The van der Waals surface area contributed by atoms with E-state index < -0.39 is 0 Å². The molecule has 6 rings (SSSR count). The summed E-state index contributed by atoms with van der Waals surface area (Å²) < 4.78 is 0.210. The normalized spacial score (nSPS) is 36.1. The van der Waals surface area contributed by atoms with Crippen LogP contribution in [0, 0.1) is 17.3 Å². The third-order valence-electron chi connectivity index (χ3n) is 7.59. The fourth-order valence-electron chi connectivity index (χ4n) is 6.84. The highest BCUT2D eigenvalue weighted by atomic mass is 79.9. The van der Waals surface area contributed by atoms with E-state index in [0.717, 1.165) is 62.7 Å². The second-order valence-corrected chi connectivity index (χ2v) is 11.6. The molecular formula is C23H30BrN3O2. The molecule has 5 nitrogen and oxygen atoms in total. The van der Waals surface area contributed by atoms with Crippen LogP contribution < -0.4 is 10.6 Å². The van der Waals surface area contributed by atoms with Gasteiger partial charge in [0.2, 0.25) is 5.91 Å². The van der Waals surface area contributed by atoms with Crippen molar-refractivity contribution in [1.29, 1.82) is 0 Å². The van der Waals surface area contributed by atoms with Gasteiger partial charge in [-0.3, -0.25) is 4.79 Å². The van der Waals surface area contributed by atoms with Crippen molar-refractivity contribution in [3.05, 3.63) is 30.3 Å². The molecule has 1 aromatic carbocycles. The lowest BCUT2D eigenvalue weighted by Crippen LogP contribution is -2.60. The number of benzene rings is 1. The van der Waals surface area contributed by atoms with Crippen molar-refractivity contribution in [2.45, 2.75) is 61.7 Å². The molecule has 6 heteroatoms. The molecule has 4 saturated carbocycles. The number of alkyl halides is 1. The molecular weight excluding hydrogens is 430 g/mol. The molecule has 5 fully saturated rings. The number of anilines is 1. The van der Waals surface area contributed by atoms with E-state index in [4.69, 9.17) is 0 Å². The summed E-state index contributed by atoms with van der Waals surface area (Å²) in [6.07, 6.45) is 8.68. The number of para-hydroxylation sites is 1. The number of halogens is 1. The average molecular weight is 460 g/mol. The van der Waals surface area contributed by atoms with E-state index in [1.807, 2.05) is 30.3 Å². The van der Waals surface area contributed by atoms with Crippen LogP contribution >= 0.6 is 15.9 Å². The maximum absolute atomic E-state index is 13.6. The van der Waals surface area contributed by atoms with Gasteiger partial charge >= 0.3 is 6.03 Å². The number of hydrogen-bond donors (Lipinski definition) is 2. The Kier molecular flexibility index (Phi) is 4.88. The van der Waals surface area contributed by atoms with Crippen LogP contribution in [0.3, 0.4) is 0 Å².